The van der Waals surface area contributed by atoms with E-state index < -0.39 is 6.04 Å². The van der Waals surface area contributed by atoms with E-state index in [0.717, 1.165) is 22.1 Å². The molecule has 1 atom stereocenters. The number of nitrogens with zero attached hydrogens (tertiary/aromatic N) is 1. The third kappa shape index (κ3) is 2.87. The molecule has 4 rings (SSSR count). The maximum Gasteiger partial charge on any atom is 0.328 e. The average molecular weight is 359 g/mol. The molecule has 1 heterocycles. The fraction of sp³-hybridized carbons (Fsp3) is 0.217. The number of benzene rings is 3. The molecule has 3 aromatic carbocycles. The van der Waals surface area contributed by atoms with Crippen LogP contribution in [0.2, 0.25) is 0 Å². The Hall–Kier alpha value is -3.14. The van der Waals surface area contributed by atoms with Crippen molar-refractivity contribution in [2.24, 2.45) is 0 Å². The Morgan fingerprint density at radius 3 is 2.63 bits per heavy atom. The van der Waals surface area contributed by atoms with Gasteiger partial charge in [-0.15, -0.1) is 0 Å². The van der Waals surface area contributed by atoms with Gasteiger partial charge in [-0.1, -0.05) is 61.5 Å². The lowest BCUT2D eigenvalue weighted by atomic mass is 9.96. The number of ether oxygens (including phenoxy) is 1. The molecule has 1 aliphatic rings. The Morgan fingerprint density at radius 2 is 1.85 bits per heavy atom. The van der Waals surface area contributed by atoms with Gasteiger partial charge in [0.15, 0.2) is 0 Å². The molecule has 0 saturated heterocycles. The van der Waals surface area contributed by atoms with E-state index in [2.05, 4.69) is 30.3 Å². The highest BCUT2D eigenvalue weighted by Crippen LogP contribution is 2.33. The Labute approximate surface area is 158 Å². The van der Waals surface area contributed by atoms with Crippen molar-refractivity contribution in [2.45, 2.75) is 25.9 Å². The maximum absolute atomic E-state index is 13.0. The summed E-state index contributed by atoms with van der Waals surface area (Å²) in [5.74, 6) is -0.475. The summed E-state index contributed by atoms with van der Waals surface area (Å²) in [5.41, 5.74) is 3.73. The van der Waals surface area contributed by atoms with Crippen molar-refractivity contribution in [3.8, 4) is 11.1 Å². The summed E-state index contributed by atoms with van der Waals surface area (Å²) < 4.78 is 4.87. The topological polar surface area (TPSA) is 46.6 Å². The minimum Gasteiger partial charge on any atom is -0.467 e. The molecule has 0 saturated carbocycles. The number of hydrogen-bond acceptors (Lipinski definition) is 3. The van der Waals surface area contributed by atoms with Crippen molar-refractivity contribution in [1.29, 1.82) is 0 Å². The van der Waals surface area contributed by atoms with Crippen LogP contribution in [0.15, 0.2) is 60.7 Å². The van der Waals surface area contributed by atoms with Gasteiger partial charge in [0.1, 0.15) is 6.04 Å². The summed E-state index contributed by atoms with van der Waals surface area (Å²) in [7, 11) is 1.36. The van der Waals surface area contributed by atoms with E-state index in [1.807, 2.05) is 37.3 Å². The second-order valence-corrected chi connectivity index (χ2v) is 6.78. The fourth-order valence-corrected chi connectivity index (χ4v) is 3.87. The molecule has 0 N–H and O–H groups in total. The van der Waals surface area contributed by atoms with Crippen LogP contribution in [-0.4, -0.2) is 29.9 Å². The van der Waals surface area contributed by atoms with Gasteiger partial charge in [0.05, 0.1) is 7.11 Å². The van der Waals surface area contributed by atoms with Gasteiger partial charge in [-0.3, -0.25) is 4.79 Å². The quantitative estimate of drug-likeness (QED) is 0.648. The van der Waals surface area contributed by atoms with Gasteiger partial charge in [-0.2, -0.15) is 0 Å². The molecule has 0 aliphatic carbocycles. The predicted molar refractivity (Wildman–Crippen MR) is 105 cm³/mol. The molecule has 1 unspecified atom stereocenters. The molecular weight excluding hydrogens is 338 g/mol. The van der Waals surface area contributed by atoms with Crippen molar-refractivity contribution in [3.05, 3.63) is 71.8 Å². The first-order chi connectivity index (χ1) is 13.1. The molecule has 0 radical (unpaired) electrons. The Morgan fingerprint density at radius 1 is 1.07 bits per heavy atom. The van der Waals surface area contributed by atoms with Crippen molar-refractivity contribution in [1.82, 2.24) is 4.90 Å². The van der Waals surface area contributed by atoms with E-state index in [1.54, 1.807) is 4.90 Å². The molecule has 27 heavy (non-hydrogen) atoms. The summed E-state index contributed by atoms with van der Waals surface area (Å²) in [5, 5.41) is 2.32. The molecule has 0 fully saturated rings. The number of amides is 1. The van der Waals surface area contributed by atoms with Gasteiger partial charge < -0.3 is 9.64 Å². The molecule has 4 nitrogen and oxygen atoms in total. The summed E-state index contributed by atoms with van der Waals surface area (Å²) in [4.78, 5) is 26.6. The van der Waals surface area contributed by atoms with E-state index in [1.165, 1.54) is 12.5 Å². The van der Waals surface area contributed by atoms with Crippen LogP contribution in [0, 0.1) is 0 Å². The monoisotopic (exact) mass is 359 g/mol. The highest BCUT2D eigenvalue weighted by molar-refractivity contribution is 6.03. The molecule has 1 aliphatic heterocycles. The van der Waals surface area contributed by atoms with Gasteiger partial charge in [0.25, 0.3) is 5.91 Å². The van der Waals surface area contributed by atoms with Crippen molar-refractivity contribution < 1.29 is 14.3 Å². The standard InChI is InChI=1S/C23H21NO3/c1-3-21(23(26)27-2)24-14-17-12-11-16(13-20(17)22(24)25)19-10-6-8-15-7-4-5-9-18(15)19/h4-13,21H,3,14H2,1-2H3. The number of carbonyl (C=O) groups excluding carboxylic acids is 2. The van der Waals surface area contributed by atoms with Gasteiger partial charge in [-0.25, -0.2) is 4.79 Å². The lowest BCUT2D eigenvalue weighted by Gasteiger charge is -2.24. The number of methoxy groups -OCH3 is 1. The van der Waals surface area contributed by atoms with Crippen molar-refractivity contribution in [3.63, 3.8) is 0 Å². The molecule has 0 spiro atoms. The maximum atomic E-state index is 13.0. The third-order valence-corrected chi connectivity index (χ3v) is 5.28. The molecular formula is C23H21NO3. The summed E-state index contributed by atoms with van der Waals surface area (Å²) in [6.07, 6.45) is 0.530. The molecule has 0 aromatic heterocycles. The first-order valence-corrected chi connectivity index (χ1v) is 9.14. The van der Waals surface area contributed by atoms with Crippen LogP contribution in [0.25, 0.3) is 21.9 Å². The second-order valence-electron chi connectivity index (χ2n) is 6.78. The van der Waals surface area contributed by atoms with Crippen LogP contribution in [-0.2, 0) is 16.1 Å². The van der Waals surface area contributed by atoms with E-state index in [0.29, 0.717) is 18.5 Å². The molecule has 4 heteroatoms. The summed E-state index contributed by atoms with van der Waals surface area (Å²) >= 11 is 0. The van der Waals surface area contributed by atoms with Crippen LogP contribution in [0.5, 0.6) is 0 Å². The Kier molecular flexibility index (Phi) is 4.40. The van der Waals surface area contributed by atoms with Crippen LogP contribution >= 0.6 is 0 Å². The number of esters is 1. The van der Waals surface area contributed by atoms with E-state index >= 15 is 0 Å². The zero-order valence-electron chi connectivity index (χ0n) is 15.4. The lowest BCUT2D eigenvalue weighted by Crippen LogP contribution is -2.41. The minimum atomic E-state index is -0.545. The first kappa shape index (κ1) is 17.3. The predicted octanol–water partition coefficient (Wildman–Crippen LogP) is 4.41. The molecule has 3 aromatic rings. The average Bonchev–Trinajstić information content (AvgIpc) is 3.04. The SMILES string of the molecule is CCC(C(=O)OC)N1Cc2ccc(-c3cccc4ccccc34)cc2C1=O. The summed E-state index contributed by atoms with van der Waals surface area (Å²) in [6.45, 7) is 2.33. The minimum absolute atomic E-state index is 0.107. The van der Waals surface area contributed by atoms with Crippen LogP contribution < -0.4 is 0 Å². The fourth-order valence-electron chi connectivity index (χ4n) is 3.87. The lowest BCUT2D eigenvalue weighted by molar-refractivity contribution is -0.146. The van der Waals surface area contributed by atoms with Crippen LogP contribution in [0.3, 0.4) is 0 Å². The largest absolute Gasteiger partial charge is 0.467 e. The summed E-state index contributed by atoms with van der Waals surface area (Å²) in [6, 6.07) is 19.9. The smallest absolute Gasteiger partial charge is 0.328 e. The zero-order valence-corrected chi connectivity index (χ0v) is 15.4. The Bertz CT molecular complexity index is 1040. The molecule has 0 bridgehead atoms. The van der Waals surface area contributed by atoms with E-state index in [4.69, 9.17) is 4.74 Å². The van der Waals surface area contributed by atoms with Gasteiger partial charge in [0.2, 0.25) is 0 Å². The van der Waals surface area contributed by atoms with E-state index in [-0.39, 0.29) is 11.9 Å². The molecule has 136 valence electrons. The number of rotatable bonds is 4. The van der Waals surface area contributed by atoms with Gasteiger partial charge in [0, 0.05) is 12.1 Å². The highest BCUT2D eigenvalue weighted by Gasteiger charge is 2.36. The highest BCUT2D eigenvalue weighted by atomic mass is 16.5. The number of fused-ring (bicyclic) bond motifs is 2. The number of carbonyl (C=O) groups is 2. The Balaban J connectivity index is 1.75. The first-order valence-electron chi connectivity index (χ1n) is 9.14. The van der Waals surface area contributed by atoms with Gasteiger partial charge >= 0.3 is 5.97 Å². The van der Waals surface area contributed by atoms with Crippen LogP contribution in [0.4, 0.5) is 0 Å². The van der Waals surface area contributed by atoms with E-state index in [9.17, 15) is 9.59 Å². The van der Waals surface area contributed by atoms with Crippen LogP contribution in [0.1, 0.15) is 29.3 Å². The van der Waals surface area contributed by atoms with Crippen molar-refractivity contribution >= 4 is 22.6 Å². The molecule has 1 amide bonds. The number of hydrogen-bond donors (Lipinski definition) is 0. The van der Waals surface area contributed by atoms with Gasteiger partial charge in [-0.05, 0) is 39.9 Å². The van der Waals surface area contributed by atoms with Crippen molar-refractivity contribution in [2.75, 3.05) is 7.11 Å². The normalized spacial score (nSPS) is 14.3. The third-order valence-electron chi connectivity index (χ3n) is 5.28. The zero-order chi connectivity index (χ0) is 19.0. The second kappa shape index (κ2) is 6.88.